The molecule has 0 aliphatic rings. The van der Waals surface area contributed by atoms with Crippen LogP contribution in [-0.2, 0) is 9.53 Å². The van der Waals surface area contributed by atoms with Gasteiger partial charge in [0, 0.05) is 18.9 Å². The first-order valence-electron chi connectivity index (χ1n) is 7.25. The molecule has 0 rings (SSSR count). The monoisotopic (exact) mass is 272 g/mol. The van der Waals surface area contributed by atoms with E-state index in [1.54, 1.807) is 6.08 Å². The SMILES string of the molecule is CCCC#CC#CC=C=CCCCCCCC(=O)OC. The average molecular weight is 272 g/mol. The lowest BCUT2D eigenvalue weighted by atomic mass is 10.1. The molecule has 0 saturated heterocycles. The highest BCUT2D eigenvalue weighted by Crippen LogP contribution is 2.06. The Morgan fingerprint density at radius 2 is 1.95 bits per heavy atom. The summed E-state index contributed by atoms with van der Waals surface area (Å²) in [6.07, 6.45) is 11.4. The van der Waals surface area contributed by atoms with Gasteiger partial charge in [-0.2, -0.15) is 0 Å². The van der Waals surface area contributed by atoms with E-state index in [4.69, 9.17) is 0 Å². The summed E-state index contributed by atoms with van der Waals surface area (Å²) in [7, 11) is 1.43. The van der Waals surface area contributed by atoms with Gasteiger partial charge in [-0.15, -0.1) is 5.73 Å². The van der Waals surface area contributed by atoms with Gasteiger partial charge in [-0.05, 0) is 43.6 Å². The van der Waals surface area contributed by atoms with Crippen LogP contribution in [0.1, 0.15) is 58.3 Å². The summed E-state index contributed by atoms with van der Waals surface area (Å²) < 4.78 is 4.58. The van der Waals surface area contributed by atoms with Crippen LogP contribution in [0, 0.1) is 23.7 Å². The highest BCUT2D eigenvalue weighted by Gasteiger charge is 1.98. The van der Waals surface area contributed by atoms with E-state index in [9.17, 15) is 4.79 Å². The molecule has 0 heterocycles. The van der Waals surface area contributed by atoms with Gasteiger partial charge in [-0.25, -0.2) is 0 Å². The number of hydrogen-bond acceptors (Lipinski definition) is 2. The fourth-order valence-corrected chi connectivity index (χ4v) is 1.46. The third-order valence-corrected chi connectivity index (χ3v) is 2.58. The lowest BCUT2D eigenvalue weighted by molar-refractivity contribution is -0.140. The Morgan fingerprint density at radius 3 is 2.70 bits per heavy atom. The Bertz CT molecular complexity index is 432. The highest BCUT2D eigenvalue weighted by atomic mass is 16.5. The minimum atomic E-state index is -0.117. The maximum absolute atomic E-state index is 10.9. The fraction of sp³-hybridized carbons (Fsp3) is 0.556. The third-order valence-electron chi connectivity index (χ3n) is 2.58. The van der Waals surface area contributed by atoms with Crippen LogP contribution in [0.2, 0.25) is 0 Å². The van der Waals surface area contributed by atoms with Crippen LogP contribution in [0.15, 0.2) is 17.9 Å². The van der Waals surface area contributed by atoms with Crippen molar-refractivity contribution in [3.05, 3.63) is 17.9 Å². The van der Waals surface area contributed by atoms with Gasteiger partial charge in [-0.1, -0.05) is 31.6 Å². The minimum absolute atomic E-state index is 0.117. The van der Waals surface area contributed by atoms with Crippen LogP contribution in [0.3, 0.4) is 0 Å². The van der Waals surface area contributed by atoms with Crippen LogP contribution < -0.4 is 0 Å². The van der Waals surface area contributed by atoms with Gasteiger partial charge < -0.3 is 4.74 Å². The summed E-state index contributed by atoms with van der Waals surface area (Å²) in [6, 6.07) is 0. The second-order valence-electron chi connectivity index (χ2n) is 4.37. The van der Waals surface area contributed by atoms with Crippen molar-refractivity contribution in [2.24, 2.45) is 0 Å². The number of allylic oxidation sites excluding steroid dienone is 1. The summed E-state index contributed by atoms with van der Waals surface area (Å²) in [5.74, 6) is 11.2. The molecule has 0 aromatic heterocycles. The van der Waals surface area contributed by atoms with Crippen molar-refractivity contribution in [1.29, 1.82) is 0 Å². The molecule has 0 saturated carbocycles. The molecule has 0 radical (unpaired) electrons. The zero-order valence-corrected chi connectivity index (χ0v) is 12.6. The zero-order chi connectivity index (χ0) is 14.9. The largest absolute Gasteiger partial charge is 0.469 e. The molecule has 0 aliphatic heterocycles. The second-order valence-corrected chi connectivity index (χ2v) is 4.37. The molecule has 0 amide bonds. The van der Waals surface area contributed by atoms with Gasteiger partial charge >= 0.3 is 5.97 Å². The van der Waals surface area contributed by atoms with E-state index in [2.05, 4.69) is 41.1 Å². The molecule has 0 aromatic carbocycles. The zero-order valence-electron chi connectivity index (χ0n) is 12.6. The molecule has 108 valence electrons. The minimum Gasteiger partial charge on any atom is -0.469 e. The van der Waals surface area contributed by atoms with E-state index in [-0.39, 0.29) is 5.97 Å². The summed E-state index contributed by atoms with van der Waals surface area (Å²) in [6.45, 7) is 2.10. The van der Waals surface area contributed by atoms with Crippen LogP contribution >= 0.6 is 0 Å². The number of carbonyl (C=O) groups is 1. The maximum atomic E-state index is 10.9. The molecular formula is C18H24O2. The number of ether oxygens (including phenoxy) is 1. The molecule has 0 aliphatic carbocycles. The summed E-state index contributed by atoms with van der Waals surface area (Å²) >= 11 is 0. The highest BCUT2D eigenvalue weighted by molar-refractivity contribution is 5.68. The van der Waals surface area contributed by atoms with E-state index >= 15 is 0 Å². The predicted octanol–water partition coefficient (Wildman–Crippen LogP) is 4.02. The Kier molecular flexibility index (Phi) is 13.7. The van der Waals surface area contributed by atoms with Crippen molar-refractivity contribution >= 4 is 5.97 Å². The molecule has 0 fully saturated rings. The summed E-state index contributed by atoms with van der Waals surface area (Å²) in [5.41, 5.74) is 3.03. The fourth-order valence-electron chi connectivity index (χ4n) is 1.46. The van der Waals surface area contributed by atoms with E-state index in [0.717, 1.165) is 44.9 Å². The van der Waals surface area contributed by atoms with Crippen LogP contribution in [0.25, 0.3) is 0 Å². The molecule has 2 nitrogen and oxygen atoms in total. The van der Waals surface area contributed by atoms with Crippen molar-refractivity contribution < 1.29 is 9.53 Å². The quantitative estimate of drug-likeness (QED) is 0.289. The first-order valence-corrected chi connectivity index (χ1v) is 7.25. The van der Waals surface area contributed by atoms with E-state index in [1.165, 1.54) is 7.11 Å². The van der Waals surface area contributed by atoms with E-state index in [1.807, 2.05) is 6.08 Å². The number of carbonyl (C=O) groups excluding carboxylic acids is 1. The van der Waals surface area contributed by atoms with Gasteiger partial charge in [0.2, 0.25) is 0 Å². The van der Waals surface area contributed by atoms with Crippen LogP contribution in [0.5, 0.6) is 0 Å². The Balaban J connectivity index is 3.53. The first kappa shape index (κ1) is 18.1. The van der Waals surface area contributed by atoms with Crippen molar-refractivity contribution in [3.8, 4) is 23.7 Å². The molecule has 20 heavy (non-hydrogen) atoms. The van der Waals surface area contributed by atoms with Crippen molar-refractivity contribution in [1.82, 2.24) is 0 Å². The van der Waals surface area contributed by atoms with Crippen LogP contribution in [0.4, 0.5) is 0 Å². The number of rotatable bonds is 8. The van der Waals surface area contributed by atoms with Crippen LogP contribution in [-0.4, -0.2) is 13.1 Å². The van der Waals surface area contributed by atoms with Crippen molar-refractivity contribution in [3.63, 3.8) is 0 Å². The summed E-state index contributed by atoms with van der Waals surface area (Å²) in [5, 5.41) is 0. The Morgan fingerprint density at radius 1 is 1.15 bits per heavy atom. The molecule has 0 bridgehead atoms. The molecular weight excluding hydrogens is 248 g/mol. The Hall–Kier alpha value is -1.89. The van der Waals surface area contributed by atoms with Gasteiger partial charge in [0.05, 0.1) is 7.11 Å². The number of esters is 1. The predicted molar refractivity (Wildman–Crippen MR) is 82.8 cm³/mol. The Labute approximate surface area is 123 Å². The summed E-state index contributed by atoms with van der Waals surface area (Å²) in [4.78, 5) is 10.9. The van der Waals surface area contributed by atoms with Crippen molar-refractivity contribution in [2.45, 2.75) is 58.3 Å². The van der Waals surface area contributed by atoms with Gasteiger partial charge in [0.25, 0.3) is 0 Å². The molecule has 0 N–H and O–H groups in total. The first-order chi connectivity index (χ1) is 9.81. The van der Waals surface area contributed by atoms with E-state index in [0.29, 0.717) is 6.42 Å². The number of hydrogen-bond donors (Lipinski definition) is 0. The molecule has 0 spiro atoms. The number of methoxy groups -OCH3 is 1. The van der Waals surface area contributed by atoms with Gasteiger partial charge in [-0.3, -0.25) is 4.79 Å². The average Bonchev–Trinajstić information content (AvgIpc) is 2.47. The maximum Gasteiger partial charge on any atom is 0.305 e. The van der Waals surface area contributed by atoms with E-state index < -0.39 is 0 Å². The van der Waals surface area contributed by atoms with Gasteiger partial charge in [0.1, 0.15) is 0 Å². The second kappa shape index (κ2) is 15.2. The normalized spacial score (nSPS) is 8.30. The molecule has 0 aromatic rings. The lowest BCUT2D eigenvalue weighted by Gasteiger charge is -1.98. The smallest absolute Gasteiger partial charge is 0.305 e. The van der Waals surface area contributed by atoms with Gasteiger partial charge in [0.15, 0.2) is 0 Å². The van der Waals surface area contributed by atoms with Crippen molar-refractivity contribution in [2.75, 3.05) is 7.11 Å². The third kappa shape index (κ3) is 14.2. The standard InChI is InChI=1S/C18H24O2/c1-3-4-5-6-7-8-9-10-11-12-13-14-15-16-17-18(19)20-2/h9,11H,3-4,12-17H2,1-2H3. The molecule has 0 atom stereocenters. The molecule has 0 unspecified atom stereocenters. The molecule has 2 heteroatoms. The topological polar surface area (TPSA) is 26.3 Å². The number of unbranched alkanes of at least 4 members (excludes halogenated alkanes) is 5. The lowest BCUT2D eigenvalue weighted by Crippen LogP contribution is -1.98.